The highest BCUT2D eigenvalue weighted by Gasteiger charge is 2.39. The van der Waals surface area contributed by atoms with Crippen LogP contribution in [0.25, 0.3) is 11.1 Å². The Kier molecular flexibility index (Phi) is 14.7. The maximum atomic E-state index is 13.6. The fraction of sp³-hybridized carbons (Fsp3) is 0.429. The van der Waals surface area contributed by atoms with Crippen molar-refractivity contribution < 1.29 is 23.2 Å². The van der Waals surface area contributed by atoms with Crippen LogP contribution in [0.5, 0.6) is 0 Å². The Morgan fingerprint density at radius 2 is 1.42 bits per heavy atom. The van der Waals surface area contributed by atoms with E-state index in [1.165, 1.54) is 34.0 Å². The molecule has 4 rings (SSSR count). The third-order valence-electron chi connectivity index (χ3n) is 8.96. The Balaban J connectivity index is 1.44. The Bertz CT molecular complexity index is 1530. The second-order valence-electron chi connectivity index (χ2n) is 14.4. The smallest absolute Gasteiger partial charge is 0.407 e. The molecule has 0 aromatic heterocycles. The molecule has 0 bridgehead atoms. The number of hydrogen-bond acceptors (Lipinski definition) is 6. The van der Waals surface area contributed by atoms with Crippen molar-refractivity contribution >= 4 is 31.5 Å². The third-order valence-corrected chi connectivity index (χ3v) is 11.7. The summed E-state index contributed by atoms with van der Waals surface area (Å²) in [7, 11) is -2.89. The second kappa shape index (κ2) is 18.7. The summed E-state index contributed by atoms with van der Waals surface area (Å²) in [5, 5.41) is 3.24. The standard InChI is InChI=1S/C42H55NO5SSi/c1-9-18-40(48-50(7,8)47-39(10-2)36(25-29(3)4)41(44)49-28-31-19-12-11-13-20-31)38(26-30(5)6)43-42(45)46-27-37-34-23-16-14-21-32(34)33-22-15-17-24-35(33)37/h9-17,19-24,29-30,36-40H,1-2,18,25-28H2,3-8H3,(H,43,45)/t36-,38+,39+,40-/m0/s1. The molecule has 0 fully saturated rings. The lowest BCUT2D eigenvalue weighted by atomic mass is 9.93. The van der Waals surface area contributed by atoms with Crippen molar-refractivity contribution in [2.24, 2.45) is 17.8 Å². The molecule has 1 amide bonds. The van der Waals surface area contributed by atoms with Gasteiger partial charge in [0.15, 0.2) is 5.12 Å². The summed E-state index contributed by atoms with van der Waals surface area (Å²) in [6.45, 7) is 20.8. The van der Waals surface area contributed by atoms with Crippen molar-refractivity contribution in [2.75, 3.05) is 6.61 Å². The number of hydrogen-bond donors (Lipinski definition) is 1. The van der Waals surface area contributed by atoms with Crippen molar-refractivity contribution in [1.29, 1.82) is 0 Å². The third kappa shape index (κ3) is 11.0. The number of carbonyl (C=O) groups excluding carboxylic acids is 2. The predicted molar refractivity (Wildman–Crippen MR) is 209 cm³/mol. The van der Waals surface area contributed by atoms with Gasteiger partial charge < -0.3 is 18.9 Å². The number of fused-ring (bicyclic) bond motifs is 3. The number of amides is 1. The number of rotatable bonds is 19. The van der Waals surface area contributed by atoms with Crippen LogP contribution >= 0.6 is 11.8 Å². The minimum atomic E-state index is -2.89. The first-order valence-electron chi connectivity index (χ1n) is 17.8. The van der Waals surface area contributed by atoms with Crippen LogP contribution in [0.2, 0.25) is 13.1 Å². The number of alkyl carbamates (subject to hydrolysis) is 1. The van der Waals surface area contributed by atoms with Gasteiger partial charge in [-0.05, 0) is 72.0 Å². The summed E-state index contributed by atoms with van der Waals surface area (Å²) < 4.78 is 19.5. The molecule has 1 aliphatic carbocycles. The molecule has 0 heterocycles. The SMILES string of the molecule is C=CC[C@H](O[Si](C)(C)O[C@H](C=C)[C@H](CC(C)C)C(=O)SCc1ccccc1)[C@@H](CC(C)C)NC(=O)OCC1c2ccccc2-c2ccccc21. The molecule has 1 aliphatic rings. The topological polar surface area (TPSA) is 73.9 Å². The average molecular weight is 714 g/mol. The molecule has 0 unspecified atom stereocenters. The molecule has 3 aromatic rings. The molecule has 3 aromatic carbocycles. The van der Waals surface area contributed by atoms with Gasteiger partial charge in [-0.2, -0.15) is 0 Å². The molecule has 1 N–H and O–H groups in total. The minimum absolute atomic E-state index is 0.0279. The van der Waals surface area contributed by atoms with Gasteiger partial charge in [0, 0.05) is 11.7 Å². The van der Waals surface area contributed by atoms with E-state index in [1.54, 1.807) is 6.08 Å². The van der Waals surface area contributed by atoms with Crippen LogP contribution in [-0.4, -0.2) is 44.6 Å². The van der Waals surface area contributed by atoms with Gasteiger partial charge in [0.05, 0.1) is 24.2 Å². The van der Waals surface area contributed by atoms with Gasteiger partial charge in [0.2, 0.25) is 0 Å². The van der Waals surface area contributed by atoms with Crippen molar-refractivity contribution in [3.8, 4) is 11.1 Å². The molecule has 50 heavy (non-hydrogen) atoms. The number of carbonyl (C=O) groups is 2. The van der Waals surface area contributed by atoms with Crippen molar-refractivity contribution in [1.82, 2.24) is 5.32 Å². The van der Waals surface area contributed by atoms with Crippen LogP contribution in [0.1, 0.15) is 69.6 Å². The first kappa shape index (κ1) is 39.4. The van der Waals surface area contributed by atoms with E-state index in [-0.39, 0.29) is 35.5 Å². The van der Waals surface area contributed by atoms with Crippen LogP contribution in [0.3, 0.4) is 0 Å². The van der Waals surface area contributed by atoms with Crippen LogP contribution in [0.4, 0.5) is 4.79 Å². The Morgan fingerprint density at radius 1 is 0.840 bits per heavy atom. The zero-order chi connectivity index (χ0) is 36.3. The van der Waals surface area contributed by atoms with E-state index >= 15 is 0 Å². The molecule has 4 atom stereocenters. The highest BCUT2D eigenvalue weighted by Crippen LogP contribution is 2.44. The quantitative estimate of drug-likeness (QED) is 0.0985. The summed E-state index contributed by atoms with van der Waals surface area (Å²) in [6.07, 6.45) is 4.07. The van der Waals surface area contributed by atoms with Gasteiger partial charge >= 0.3 is 14.7 Å². The Hall–Kier alpha value is -3.43. The summed E-state index contributed by atoms with van der Waals surface area (Å²) in [4.78, 5) is 27.1. The normalized spacial score (nSPS) is 15.1. The van der Waals surface area contributed by atoms with Gasteiger partial charge in [-0.25, -0.2) is 4.79 Å². The molecule has 8 heteroatoms. The first-order chi connectivity index (χ1) is 23.9. The maximum Gasteiger partial charge on any atom is 0.407 e. The van der Waals surface area contributed by atoms with E-state index in [9.17, 15) is 9.59 Å². The van der Waals surface area contributed by atoms with Gasteiger partial charge in [0.25, 0.3) is 0 Å². The molecule has 0 saturated carbocycles. The lowest BCUT2D eigenvalue weighted by Gasteiger charge is -2.37. The minimum Gasteiger partial charge on any atom is -0.449 e. The van der Waals surface area contributed by atoms with E-state index < -0.39 is 26.9 Å². The lowest BCUT2D eigenvalue weighted by Crippen LogP contribution is -2.52. The molecular formula is C42H55NO5SSi. The number of thioether (sulfide) groups is 1. The highest BCUT2D eigenvalue weighted by atomic mass is 32.2. The molecule has 268 valence electrons. The van der Waals surface area contributed by atoms with Gasteiger partial charge in [-0.3, -0.25) is 4.79 Å². The zero-order valence-corrected chi connectivity index (χ0v) is 32.4. The van der Waals surface area contributed by atoms with Gasteiger partial charge in [-0.15, -0.1) is 13.2 Å². The molecule has 0 radical (unpaired) electrons. The lowest BCUT2D eigenvalue weighted by molar-refractivity contribution is -0.117. The van der Waals surface area contributed by atoms with Gasteiger partial charge in [0.1, 0.15) is 6.61 Å². The summed E-state index contributed by atoms with van der Waals surface area (Å²) >= 11 is 1.33. The number of benzene rings is 3. The Morgan fingerprint density at radius 3 is 1.98 bits per heavy atom. The van der Waals surface area contributed by atoms with Crippen LogP contribution in [0, 0.1) is 17.8 Å². The Labute approximate surface area is 305 Å². The zero-order valence-electron chi connectivity index (χ0n) is 30.6. The molecule has 6 nitrogen and oxygen atoms in total. The second-order valence-corrected chi connectivity index (χ2v) is 18.7. The first-order valence-corrected chi connectivity index (χ1v) is 21.6. The van der Waals surface area contributed by atoms with E-state index in [1.807, 2.05) is 73.8 Å². The van der Waals surface area contributed by atoms with E-state index in [0.717, 1.165) is 5.56 Å². The predicted octanol–water partition coefficient (Wildman–Crippen LogP) is 10.3. The van der Waals surface area contributed by atoms with Gasteiger partial charge in [-0.1, -0.05) is 130 Å². The number of nitrogens with one attached hydrogen (secondary N) is 1. The highest BCUT2D eigenvalue weighted by molar-refractivity contribution is 8.13. The summed E-state index contributed by atoms with van der Waals surface area (Å²) in [5.74, 6) is 0.795. The molecule has 0 saturated heterocycles. The molecule has 0 spiro atoms. The fourth-order valence-electron chi connectivity index (χ4n) is 6.78. The van der Waals surface area contributed by atoms with Crippen molar-refractivity contribution in [3.05, 3.63) is 121 Å². The van der Waals surface area contributed by atoms with Crippen molar-refractivity contribution in [3.63, 3.8) is 0 Å². The summed E-state index contributed by atoms with van der Waals surface area (Å²) in [5.41, 5.74) is 5.82. The molecule has 0 aliphatic heterocycles. The largest absolute Gasteiger partial charge is 0.449 e. The van der Waals surface area contributed by atoms with E-state index in [0.29, 0.717) is 30.9 Å². The fourth-order valence-corrected chi connectivity index (χ4v) is 9.69. The van der Waals surface area contributed by atoms with Crippen LogP contribution in [-0.2, 0) is 24.1 Å². The van der Waals surface area contributed by atoms with Crippen molar-refractivity contribution in [2.45, 2.75) is 90.0 Å². The maximum absolute atomic E-state index is 13.6. The molecular weight excluding hydrogens is 659 g/mol. The van der Waals surface area contributed by atoms with Crippen LogP contribution < -0.4 is 5.32 Å². The van der Waals surface area contributed by atoms with E-state index in [4.69, 9.17) is 13.6 Å². The summed E-state index contributed by atoms with van der Waals surface area (Å²) in [6, 6.07) is 26.3. The monoisotopic (exact) mass is 713 g/mol. The van der Waals surface area contributed by atoms with Crippen LogP contribution in [0.15, 0.2) is 104 Å². The van der Waals surface area contributed by atoms with E-state index in [2.05, 4.69) is 70.4 Å². The number of ether oxygens (including phenoxy) is 1. The average Bonchev–Trinajstić information content (AvgIpc) is 3.41.